The summed E-state index contributed by atoms with van der Waals surface area (Å²) in [4.78, 5) is 24.5. The van der Waals surface area contributed by atoms with Crippen LogP contribution >= 0.6 is 0 Å². The summed E-state index contributed by atoms with van der Waals surface area (Å²) < 4.78 is 5.30. The first-order valence-corrected chi connectivity index (χ1v) is 7.39. The van der Waals surface area contributed by atoms with Crippen molar-refractivity contribution < 1.29 is 14.3 Å². The topological polar surface area (TPSA) is 79.5 Å². The number of ether oxygens (including phenoxy) is 1. The van der Waals surface area contributed by atoms with Crippen molar-refractivity contribution in [3.8, 4) is 0 Å². The van der Waals surface area contributed by atoms with E-state index in [0.29, 0.717) is 19.4 Å². The lowest BCUT2D eigenvalue weighted by Gasteiger charge is -2.37. The Morgan fingerprint density at radius 2 is 2.00 bits per heavy atom. The van der Waals surface area contributed by atoms with Gasteiger partial charge in [-0.25, -0.2) is 10.2 Å². The predicted molar refractivity (Wildman–Crippen MR) is 83.0 cm³/mol. The number of nitrogens with one attached hydrogen (secondary N) is 3. The summed E-state index contributed by atoms with van der Waals surface area (Å²) in [7, 11) is 0. The molecule has 1 atom stereocenters. The van der Waals surface area contributed by atoms with Crippen LogP contribution in [0.4, 0.5) is 4.79 Å². The summed E-state index contributed by atoms with van der Waals surface area (Å²) in [6.45, 7) is 5.95. The van der Waals surface area contributed by atoms with Crippen molar-refractivity contribution in [1.82, 2.24) is 16.2 Å². The SMILES string of the molecule is CC(C)(C)OC(=O)NC1(Cc2ccccc2)CCNNC1=O. The van der Waals surface area contributed by atoms with E-state index in [4.69, 9.17) is 4.74 Å². The van der Waals surface area contributed by atoms with Gasteiger partial charge in [0.25, 0.3) is 5.91 Å². The molecular weight excluding hydrogens is 282 g/mol. The molecule has 1 aliphatic rings. The molecular formula is C16H23N3O3. The molecule has 3 N–H and O–H groups in total. The first-order chi connectivity index (χ1) is 10.3. The molecule has 2 rings (SSSR count). The average molecular weight is 305 g/mol. The van der Waals surface area contributed by atoms with Crippen LogP contribution in [0.1, 0.15) is 32.8 Å². The third kappa shape index (κ3) is 4.21. The van der Waals surface area contributed by atoms with Gasteiger partial charge in [-0.3, -0.25) is 10.2 Å². The van der Waals surface area contributed by atoms with Gasteiger partial charge in [0, 0.05) is 13.0 Å². The number of carbonyl (C=O) groups is 2. The van der Waals surface area contributed by atoms with Gasteiger partial charge in [-0.1, -0.05) is 30.3 Å². The first kappa shape index (κ1) is 16.3. The molecule has 2 amide bonds. The molecule has 1 aromatic rings. The highest BCUT2D eigenvalue weighted by atomic mass is 16.6. The molecule has 120 valence electrons. The summed E-state index contributed by atoms with van der Waals surface area (Å²) in [5, 5.41) is 2.77. The molecule has 1 aromatic carbocycles. The summed E-state index contributed by atoms with van der Waals surface area (Å²) in [5.41, 5.74) is 4.77. The number of carbonyl (C=O) groups excluding carboxylic acids is 2. The Hall–Kier alpha value is -2.08. The lowest BCUT2D eigenvalue weighted by Crippen LogP contribution is -2.67. The van der Waals surface area contributed by atoms with Gasteiger partial charge in [-0.05, 0) is 32.8 Å². The normalized spacial score (nSPS) is 21.9. The molecule has 0 aliphatic carbocycles. The van der Waals surface area contributed by atoms with Crippen molar-refractivity contribution in [3.63, 3.8) is 0 Å². The number of hydrogen-bond donors (Lipinski definition) is 3. The number of amides is 2. The van der Waals surface area contributed by atoms with E-state index in [9.17, 15) is 9.59 Å². The number of hydrogen-bond acceptors (Lipinski definition) is 4. The summed E-state index contributed by atoms with van der Waals surface area (Å²) >= 11 is 0. The van der Waals surface area contributed by atoms with Crippen LogP contribution in [0.25, 0.3) is 0 Å². The Morgan fingerprint density at radius 1 is 1.32 bits per heavy atom. The largest absolute Gasteiger partial charge is 0.444 e. The monoisotopic (exact) mass is 305 g/mol. The van der Waals surface area contributed by atoms with E-state index < -0.39 is 17.2 Å². The smallest absolute Gasteiger partial charge is 0.408 e. The minimum absolute atomic E-state index is 0.256. The quantitative estimate of drug-likeness (QED) is 0.791. The standard InChI is InChI=1S/C16H23N3O3/c1-15(2,3)22-14(21)18-16(9-10-17-19-13(16)20)11-12-7-5-4-6-8-12/h4-8,17H,9-11H2,1-3H3,(H,18,21)(H,19,20). The highest BCUT2D eigenvalue weighted by Crippen LogP contribution is 2.21. The molecule has 1 fully saturated rings. The van der Waals surface area contributed by atoms with Gasteiger partial charge in [-0.2, -0.15) is 0 Å². The maximum absolute atomic E-state index is 12.4. The van der Waals surface area contributed by atoms with E-state index in [1.807, 2.05) is 30.3 Å². The molecule has 1 saturated heterocycles. The van der Waals surface area contributed by atoms with Crippen molar-refractivity contribution in [3.05, 3.63) is 35.9 Å². The molecule has 1 aliphatic heterocycles. The van der Waals surface area contributed by atoms with Crippen molar-refractivity contribution in [1.29, 1.82) is 0 Å². The average Bonchev–Trinajstić information content (AvgIpc) is 2.41. The Balaban J connectivity index is 2.19. The minimum Gasteiger partial charge on any atom is -0.444 e. The van der Waals surface area contributed by atoms with Crippen LogP contribution in [-0.2, 0) is 16.0 Å². The van der Waals surface area contributed by atoms with Gasteiger partial charge in [0.2, 0.25) is 0 Å². The third-order valence-corrected chi connectivity index (χ3v) is 3.40. The zero-order valence-electron chi connectivity index (χ0n) is 13.2. The van der Waals surface area contributed by atoms with E-state index in [-0.39, 0.29) is 5.91 Å². The van der Waals surface area contributed by atoms with Crippen LogP contribution in [-0.4, -0.2) is 29.7 Å². The molecule has 1 unspecified atom stereocenters. The minimum atomic E-state index is -1.01. The molecule has 0 bridgehead atoms. The second-order valence-corrected chi connectivity index (χ2v) is 6.50. The van der Waals surface area contributed by atoms with Crippen LogP contribution in [0.3, 0.4) is 0 Å². The number of alkyl carbamates (subject to hydrolysis) is 1. The van der Waals surface area contributed by atoms with E-state index in [1.165, 1.54) is 0 Å². The Labute approximate surface area is 130 Å². The van der Waals surface area contributed by atoms with Crippen LogP contribution in [0.2, 0.25) is 0 Å². The van der Waals surface area contributed by atoms with Gasteiger partial charge >= 0.3 is 6.09 Å². The summed E-state index contributed by atoms with van der Waals surface area (Å²) in [5.74, 6) is -0.256. The van der Waals surface area contributed by atoms with Crippen molar-refractivity contribution in [2.24, 2.45) is 0 Å². The molecule has 6 nitrogen and oxygen atoms in total. The van der Waals surface area contributed by atoms with Crippen LogP contribution < -0.4 is 16.2 Å². The fourth-order valence-electron chi connectivity index (χ4n) is 2.43. The number of rotatable bonds is 3. The van der Waals surface area contributed by atoms with Gasteiger partial charge in [0.15, 0.2) is 0 Å². The van der Waals surface area contributed by atoms with Gasteiger partial charge < -0.3 is 10.1 Å². The van der Waals surface area contributed by atoms with Gasteiger partial charge in [-0.15, -0.1) is 0 Å². The zero-order valence-corrected chi connectivity index (χ0v) is 13.2. The second kappa shape index (κ2) is 6.36. The fraction of sp³-hybridized carbons (Fsp3) is 0.500. The lowest BCUT2D eigenvalue weighted by molar-refractivity contribution is -0.131. The van der Waals surface area contributed by atoms with E-state index >= 15 is 0 Å². The molecule has 0 saturated carbocycles. The third-order valence-electron chi connectivity index (χ3n) is 3.40. The van der Waals surface area contributed by atoms with Crippen molar-refractivity contribution >= 4 is 12.0 Å². The van der Waals surface area contributed by atoms with Crippen molar-refractivity contribution in [2.75, 3.05) is 6.54 Å². The van der Waals surface area contributed by atoms with E-state index in [2.05, 4.69) is 16.2 Å². The van der Waals surface area contributed by atoms with E-state index in [1.54, 1.807) is 20.8 Å². The summed E-state index contributed by atoms with van der Waals surface area (Å²) in [6, 6.07) is 9.62. The zero-order chi connectivity index (χ0) is 16.2. The Bertz CT molecular complexity index is 539. The van der Waals surface area contributed by atoms with E-state index in [0.717, 1.165) is 5.56 Å². The number of benzene rings is 1. The van der Waals surface area contributed by atoms with Gasteiger partial charge in [0.05, 0.1) is 0 Å². The number of hydrazine groups is 1. The molecule has 6 heteroatoms. The molecule has 22 heavy (non-hydrogen) atoms. The maximum atomic E-state index is 12.4. The van der Waals surface area contributed by atoms with Crippen LogP contribution in [0.5, 0.6) is 0 Å². The Morgan fingerprint density at radius 3 is 2.59 bits per heavy atom. The predicted octanol–water partition coefficient (Wildman–Crippen LogP) is 1.52. The maximum Gasteiger partial charge on any atom is 0.408 e. The fourth-order valence-corrected chi connectivity index (χ4v) is 2.43. The highest BCUT2D eigenvalue weighted by Gasteiger charge is 2.42. The lowest BCUT2D eigenvalue weighted by atomic mass is 9.85. The second-order valence-electron chi connectivity index (χ2n) is 6.50. The van der Waals surface area contributed by atoms with Crippen LogP contribution in [0.15, 0.2) is 30.3 Å². The molecule has 0 aromatic heterocycles. The van der Waals surface area contributed by atoms with Crippen LogP contribution in [0, 0.1) is 0 Å². The van der Waals surface area contributed by atoms with Gasteiger partial charge in [0.1, 0.15) is 11.1 Å². The Kier molecular flexibility index (Phi) is 4.71. The molecule has 1 heterocycles. The van der Waals surface area contributed by atoms with Crippen molar-refractivity contribution in [2.45, 2.75) is 44.8 Å². The first-order valence-electron chi connectivity index (χ1n) is 7.39. The highest BCUT2D eigenvalue weighted by molar-refractivity contribution is 5.90. The molecule has 0 radical (unpaired) electrons. The summed E-state index contributed by atoms with van der Waals surface area (Å²) in [6.07, 6.45) is 0.327. The molecule has 0 spiro atoms.